The molecule has 98 valence electrons. The maximum absolute atomic E-state index is 11.9. The first kappa shape index (κ1) is 13.5. The highest BCUT2D eigenvalue weighted by molar-refractivity contribution is 7.12. The number of carbonyl (C=O) groups excluding carboxylic acids is 1. The van der Waals surface area contributed by atoms with E-state index >= 15 is 0 Å². The van der Waals surface area contributed by atoms with Crippen LogP contribution in [0.3, 0.4) is 0 Å². The van der Waals surface area contributed by atoms with Crippen LogP contribution in [-0.2, 0) is 0 Å². The van der Waals surface area contributed by atoms with Gasteiger partial charge in [-0.3, -0.25) is 4.79 Å². The highest BCUT2D eigenvalue weighted by atomic mass is 32.1. The molecule has 0 aliphatic rings. The van der Waals surface area contributed by atoms with Crippen LogP contribution in [0.1, 0.15) is 29.1 Å². The predicted molar refractivity (Wildman–Crippen MR) is 79.6 cm³/mol. The molecule has 0 bridgehead atoms. The average molecular weight is 272 g/mol. The summed E-state index contributed by atoms with van der Waals surface area (Å²) in [5.74, 6) is 0.0788. The zero-order valence-corrected chi connectivity index (χ0v) is 11.8. The smallest absolute Gasteiger partial charge is 0.266 e. The molecule has 0 atom stereocenters. The van der Waals surface area contributed by atoms with Crippen LogP contribution in [0.25, 0.3) is 0 Å². The van der Waals surface area contributed by atoms with E-state index in [1.807, 2.05) is 41.8 Å². The Kier molecular flexibility index (Phi) is 4.47. The number of hydrogen-bond acceptors (Lipinski definition) is 3. The number of nitrogens with one attached hydrogen (secondary N) is 1. The van der Waals surface area contributed by atoms with E-state index in [-0.39, 0.29) is 11.8 Å². The van der Waals surface area contributed by atoms with Crippen molar-refractivity contribution in [2.24, 2.45) is 11.0 Å². The van der Waals surface area contributed by atoms with E-state index < -0.39 is 0 Å². The van der Waals surface area contributed by atoms with Crippen LogP contribution in [0.5, 0.6) is 0 Å². The zero-order valence-electron chi connectivity index (χ0n) is 11.0. The van der Waals surface area contributed by atoms with Gasteiger partial charge in [0.1, 0.15) is 0 Å². The molecule has 0 spiro atoms. The molecule has 1 aromatic carbocycles. The van der Waals surface area contributed by atoms with Gasteiger partial charge in [0.2, 0.25) is 0 Å². The number of nitrogens with zero attached hydrogens (tertiary/aromatic N) is 1. The number of carbonyl (C=O) groups is 1. The lowest BCUT2D eigenvalue weighted by molar-refractivity contribution is 0.0959. The van der Waals surface area contributed by atoms with Gasteiger partial charge in [-0.15, -0.1) is 11.3 Å². The molecule has 0 aliphatic heterocycles. The first-order valence-electron chi connectivity index (χ1n) is 6.15. The molecule has 0 unspecified atom stereocenters. The fraction of sp³-hybridized carbons (Fsp3) is 0.200. The molecule has 2 aromatic rings. The lowest BCUT2D eigenvalue weighted by atomic mass is 10.0. The van der Waals surface area contributed by atoms with E-state index in [0.29, 0.717) is 4.88 Å². The number of amides is 1. The molecule has 1 heterocycles. The molecule has 3 nitrogen and oxygen atoms in total. The molecule has 19 heavy (non-hydrogen) atoms. The Morgan fingerprint density at radius 1 is 1.16 bits per heavy atom. The van der Waals surface area contributed by atoms with Crippen molar-refractivity contribution in [2.45, 2.75) is 13.8 Å². The third kappa shape index (κ3) is 3.51. The monoisotopic (exact) mass is 272 g/mol. The molecule has 0 saturated carbocycles. The van der Waals surface area contributed by atoms with Gasteiger partial charge in [-0.2, -0.15) is 5.10 Å². The van der Waals surface area contributed by atoms with Gasteiger partial charge in [0, 0.05) is 0 Å². The summed E-state index contributed by atoms with van der Waals surface area (Å²) >= 11 is 1.41. The second-order valence-electron chi connectivity index (χ2n) is 4.44. The van der Waals surface area contributed by atoms with Crippen LogP contribution in [0.4, 0.5) is 0 Å². The standard InChI is InChI=1S/C15H16N2OS/c1-11(2)14(12-7-4-3-5-8-12)16-17-15(18)13-9-6-10-19-13/h3-11H,1-2H3,(H,17,18)/b16-14+. The molecule has 0 saturated heterocycles. The number of hydrogen-bond donors (Lipinski definition) is 1. The lowest BCUT2D eigenvalue weighted by Gasteiger charge is -2.10. The van der Waals surface area contributed by atoms with Crippen molar-refractivity contribution < 1.29 is 4.79 Å². The van der Waals surface area contributed by atoms with E-state index in [9.17, 15) is 4.79 Å². The fourth-order valence-electron chi connectivity index (χ4n) is 1.71. The molecule has 1 N–H and O–H groups in total. The van der Waals surface area contributed by atoms with E-state index in [0.717, 1.165) is 11.3 Å². The average Bonchev–Trinajstić information content (AvgIpc) is 2.93. The molecule has 2 rings (SSSR count). The Morgan fingerprint density at radius 2 is 1.89 bits per heavy atom. The van der Waals surface area contributed by atoms with Crippen molar-refractivity contribution in [1.29, 1.82) is 0 Å². The van der Waals surface area contributed by atoms with Crippen LogP contribution in [-0.4, -0.2) is 11.6 Å². The molecule has 0 radical (unpaired) electrons. The molecule has 0 aliphatic carbocycles. The zero-order chi connectivity index (χ0) is 13.7. The SMILES string of the molecule is CC(C)/C(=N\NC(=O)c1cccs1)c1ccccc1. The lowest BCUT2D eigenvalue weighted by Crippen LogP contribution is -2.21. The highest BCUT2D eigenvalue weighted by Crippen LogP contribution is 2.10. The topological polar surface area (TPSA) is 41.5 Å². The largest absolute Gasteiger partial charge is 0.281 e. The Labute approximate surface area is 117 Å². The van der Waals surface area contributed by atoms with Gasteiger partial charge in [-0.1, -0.05) is 50.2 Å². The highest BCUT2D eigenvalue weighted by Gasteiger charge is 2.10. The Morgan fingerprint density at radius 3 is 2.47 bits per heavy atom. The van der Waals surface area contributed by atoms with Crippen molar-refractivity contribution in [3.8, 4) is 0 Å². The van der Waals surface area contributed by atoms with Crippen molar-refractivity contribution in [2.75, 3.05) is 0 Å². The summed E-state index contributed by atoms with van der Waals surface area (Å²) in [7, 11) is 0. The van der Waals surface area contributed by atoms with E-state index in [1.165, 1.54) is 11.3 Å². The third-order valence-electron chi connectivity index (χ3n) is 2.64. The minimum absolute atomic E-state index is 0.163. The maximum atomic E-state index is 11.9. The summed E-state index contributed by atoms with van der Waals surface area (Å²) in [6, 6.07) is 13.5. The summed E-state index contributed by atoms with van der Waals surface area (Å²) in [6.45, 7) is 4.12. The number of benzene rings is 1. The molecule has 0 fully saturated rings. The minimum atomic E-state index is -0.163. The Bertz CT molecular complexity index is 559. The van der Waals surface area contributed by atoms with Gasteiger partial charge >= 0.3 is 0 Å². The van der Waals surface area contributed by atoms with Gasteiger partial charge < -0.3 is 0 Å². The van der Waals surface area contributed by atoms with E-state index in [4.69, 9.17) is 0 Å². The van der Waals surface area contributed by atoms with Crippen LogP contribution in [0.2, 0.25) is 0 Å². The quantitative estimate of drug-likeness (QED) is 0.671. The van der Waals surface area contributed by atoms with Gasteiger partial charge in [-0.25, -0.2) is 5.43 Å². The fourth-order valence-corrected chi connectivity index (χ4v) is 2.32. The Hall–Kier alpha value is -1.94. The van der Waals surface area contributed by atoms with Crippen molar-refractivity contribution in [3.63, 3.8) is 0 Å². The normalized spacial score (nSPS) is 11.6. The molecule has 1 aromatic heterocycles. The number of thiophene rings is 1. The van der Waals surface area contributed by atoms with Crippen LogP contribution < -0.4 is 5.43 Å². The van der Waals surface area contributed by atoms with Crippen molar-refractivity contribution >= 4 is 23.0 Å². The molecular formula is C15H16N2OS. The molecule has 1 amide bonds. The molecule has 4 heteroatoms. The second kappa shape index (κ2) is 6.29. The van der Waals surface area contributed by atoms with Crippen molar-refractivity contribution in [1.82, 2.24) is 5.43 Å². The summed E-state index contributed by atoms with van der Waals surface area (Å²) < 4.78 is 0. The van der Waals surface area contributed by atoms with Gasteiger partial charge in [-0.05, 0) is 22.9 Å². The first-order valence-corrected chi connectivity index (χ1v) is 7.03. The molecular weight excluding hydrogens is 256 g/mol. The first-order chi connectivity index (χ1) is 9.18. The van der Waals surface area contributed by atoms with Crippen LogP contribution >= 0.6 is 11.3 Å². The van der Waals surface area contributed by atoms with Crippen LogP contribution in [0.15, 0.2) is 52.9 Å². The van der Waals surface area contributed by atoms with Gasteiger partial charge in [0.15, 0.2) is 0 Å². The third-order valence-corrected chi connectivity index (χ3v) is 3.51. The van der Waals surface area contributed by atoms with Crippen LogP contribution in [0, 0.1) is 5.92 Å². The second-order valence-corrected chi connectivity index (χ2v) is 5.38. The van der Waals surface area contributed by atoms with Gasteiger partial charge in [0.25, 0.3) is 5.91 Å². The number of hydrazone groups is 1. The summed E-state index contributed by atoms with van der Waals surface area (Å²) in [6.07, 6.45) is 0. The maximum Gasteiger partial charge on any atom is 0.281 e. The van der Waals surface area contributed by atoms with Gasteiger partial charge in [0.05, 0.1) is 10.6 Å². The number of rotatable bonds is 4. The minimum Gasteiger partial charge on any atom is -0.266 e. The van der Waals surface area contributed by atoms with E-state index in [2.05, 4.69) is 24.4 Å². The van der Waals surface area contributed by atoms with E-state index in [1.54, 1.807) is 6.07 Å². The predicted octanol–water partition coefficient (Wildman–Crippen LogP) is 3.54. The summed E-state index contributed by atoms with van der Waals surface area (Å²) in [4.78, 5) is 12.5. The Balaban J connectivity index is 2.16. The summed E-state index contributed by atoms with van der Waals surface area (Å²) in [5.41, 5.74) is 4.54. The summed E-state index contributed by atoms with van der Waals surface area (Å²) in [5, 5.41) is 6.15. The van der Waals surface area contributed by atoms with Crippen molar-refractivity contribution in [3.05, 3.63) is 58.3 Å².